The molecule has 5 rings (SSSR count). The van der Waals surface area contributed by atoms with Crippen molar-refractivity contribution in [2.75, 3.05) is 11.5 Å². The minimum absolute atomic E-state index is 0.0798. The van der Waals surface area contributed by atoms with Crippen molar-refractivity contribution < 1.29 is 24.0 Å². The number of benzene rings is 2. The summed E-state index contributed by atoms with van der Waals surface area (Å²) in [6, 6.07) is 12.7. The Bertz CT molecular complexity index is 1450. The number of nitrogens with two attached hydrogens (primary N) is 1. The van der Waals surface area contributed by atoms with Crippen LogP contribution in [0.15, 0.2) is 77.1 Å². The highest BCUT2D eigenvalue weighted by atomic mass is 32.2. The Balaban J connectivity index is 1.31. The standard InChI is InChI=1S/C25H23N7O6S2/c26-19(15-4-2-1-3-5-15)22(33)28-20-23(34)31-21(16(13-40-24(20)31)12-39-18-10-27-30-29-18)25(35)38-11-14-6-8-17(9-7-14)32(36)37/h1-10,19-20,24H,11-13,26H2,(H,28,33)(H,27,29,30)/t19?,20?,24-/m0/s1. The first-order valence-corrected chi connectivity index (χ1v) is 14.0. The van der Waals surface area contributed by atoms with Crippen LogP contribution in [0.5, 0.6) is 0 Å². The number of nitrogens with zero attached hydrogens (tertiary/aromatic N) is 4. The van der Waals surface area contributed by atoms with Crippen LogP contribution >= 0.6 is 23.5 Å². The molecule has 15 heteroatoms. The number of nitrogens with one attached hydrogen (secondary N) is 2. The van der Waals surface area contributed by atoms with E-state index in [0.717, 1.165) is 0 Å². The lowest BCUT2D eigenvalue weighted by Gasteiger charge is -2.49. The summed E-state index contributed by atoms with van der Waals surface area (Å²) in [5.41, 5.74) is 7.98. The zero-order valence-electron chi connectivity index (χ0n) is 20.8. The van der Waals surface area contributed by atoms with Gasteiger partial charge in [0, 0.05) is 23.6 Å². The summed E-state index contributed by atoms with van der Waals surface area (Å²) < 4.78 is 5.53. The van der Waals surface area contributed by atoms with Gasteiger partial charge in [-0.15, -0.1) is 28.6 Å². The van der Waals surface area contributed by atoms with E-state index in [4.69, 9.17) is 10.5 Å². The zero-order valence-corrected chi connectivity index (χ0v) is 22.4. The number of hydrogen-bond acceptors (Lipinski definition) is 11. The monoisotopic (exact) mass is 581 g/mol. The van der Waals surface area contributed by atoms with Crippen molar-refractivity contribution in [2.24, 2.45) is 5.73 Å². The van der Waals surface area contributed by atoms with Crippen LogP contribution in [0.2, 0.25) is 0 Å². The highest BCUT2D eigenvalue weighted by Crippen LogP contribution is 2.42. The second-order valence-electron chi connectivity index (χ2n) is 8.85. The third-order valence-corrected chi connectivity index (χ3v) is 8.63. The van der Waals surface area contributed by atoms with Crippen molar-refractivity contribution in [3.63, 3.8) is 0 Å². The second-order valence-corrected chi connectivity index (χ2v) is 11.0. The summed E-state index contributed by atoms with van der Waals surface area (Å²) in [6.07, 6.45) is 1.55. The number of carbonyl (C=O) groups is 3. The predicted molar refractivity (Wildman–Crippen MR) is 145 cm³/mol. The van der Waals surface area contributed by atoms with Crippen molar-refractivity contribution in [3.8, 4) is 0 Å². The van der Waals surface area contributed by atoms with Crippen molar-refractivity contribution >= 4 is 47.0 Å². The van der Waals surface area contributed by atoms with Gasteiger partial charge in [0.1, 0.15) is 34.8 Å². The zero-order chi connectivity index (χ0) is 28.2. The fourth-order valence-electron chi connectivity index (χ4n) is 4.19. The molecular formula is C25H23N7O6S2. The largest absolute Gasteiger partial charge is 0.456 e. The van der Waals surface area contributed by atoms with Crippen molar-refractivity contribution in [2.45, 2.75) is 29.1 Å². The first-order valence-electron chi connectivity index (χ1n) is 12.0. The minimum atomic E-state index is -0.951. The number of thioether (sulfide) groups is 2. The van der Waals surface area contributed by atoms with E-state index in [0.29, 0.717) is 33.2 Å². The molecule has 1 fully saturated rings. The van der Waals surface area contributed by atoms with E-state index in [1.807, 2.05) is 6.07 Å². The van der Waals surface area contributed by atoms with E-state index in [9.17, 15) is 24.5 Å². The number of esters is 1. The molecule has 1 aromatic heterocycles. The fraction of sp³-hybridized carbons (Fsp3) is 0.240. The molecule has 13 nitrogen and oxygen atoms in total. The van der Waals surface area contributed by atoms with Gasteiger partial charge in [-0.2, -0.15) is 0 Å². The second kappa shape index (κ2) is 11.9. The number of fused-ring (bicyclic) bond motifs is 1. The van der Waals surface area contributed by atoms with Crippen LogP contribution < -0.4 is 11.1 Å². The molecule has 3 heterocycles. The highest BCUT2D eigenvalue weighted by Gasteiger charge is 2.54. The summed E-state index contributed by atoms with van der Waals surface area (Å²) in [4.78, 5) is 51.2. The summed E-state index contributed by atoms with van der Waals surface area (Å²) >= 11 is 2.79. The van der Waals surface area contributed by atoms with Gasteiger partial charge in [-0.3, -0.25) is 29.7 Å². The number of hydrogen-bond donors (Lipinski definition) is 3. The lowest BCUT2D eigenvalue weighted by Crippen LogP contribution is -2.71. The van der Waals surface area contributed by atoms with Gasteiger partial charge >= 0.3 is 5.97 Å². The molecule has 2 aromatic carbocycles. The van der Waals surface area contributed by atoms with E-state index in [-0.39, 0.29) is 18.0 Å². The van der Waals surface area contributed by atoms with Crippen LogP contribution in [0.3, 0.4) is 0 Å². The first-order chi connectivity index (χ1) is 19.3. The maximum absolute atomic E-state index is 13.3. The Morgan fingerprint density at radius 3 is 2.67 bits per heavy atom. The molecule has 0 radical (unpaired) electrons. The van der Waals surface area contributed by atoms with Crippen LogP contribution in [0.1, 0.15) is 17.2 Å². The van der Waals surface area contributed by atoms with Gasteiger partial charge in [-0.25, -0.2) is 4.79 Å². The van der Waals surface area contributed by atoms with Crippen molar-refractivity contribution in [1.29, 1.82) is 0 Å². The Kier molecular flexibility index (Phi) is 8.14. The average molecular weight is 582 g/mol. The maximum atomic E-state index is 13.3. The number of aromatic nitrogens is 3. The van der Waals surface area contributed by atoms with Crippen LogP contribution in [-0.4, -0.2) is 65.9 Å². The van der Waals surface area contributed by atoms with Crippen LogP contribution in [0.25, 0.3) is 0 Å². The van der Waals surface area contributed by atoms with Gasteiger partial charge in [0.2, 0.25) is 5.91 Å². The number of non-ortho nitro benzene ring substituents is 1. The molecule has 3 aromatic rings. The van der Waals surface area contributed by atoms with E-state index in [2.05, 4.69) is 20.7 Å². The summed E-state index contributed by atoms with van der Waals surface area (Å²) in [7, 11) is 0. The number of carbonyl (C=O) groups excluding carboxylic acids is 3. The normalized spacial score (nSPS) is 18.9. The van der Waals surface area contributed by atoms with Crippen molar-refractivity contribution in [3.05, 3.63) is 93.3 Å². The highest BCUT2D eigenvalue weighted by molar-refractivity contribution is 8.01. The molecule has 4 N–H and O–H groups in total. The van der Waals surface area contributed by atoms with Gasteiger partial charge in [0.15, 0.2) is 0 Å². The molecular weight excluding hydrogens is 558 g/mol. The summed E-state index contributed by atoms with van der Waals surface area (Å²) in [6.45, 7) is -0.142. The Morgan fingerprint density at radius 1 is 1.25 bits per heavy atom. The molecule has 1 saturated heterocycles. The van der Waals surface area contributed by atoms with E-state index >= 15 is 0 Å². The number of nitro groups is 1. The Hall–Kier alpha value is -4.21. The average Bonchev–Trinajstić information content (AvgIpc) is 3.51. The number of rotatable bonds is 10. The van der Waals surface area contributed by atoms with Gasteiger partial charge in [-0.1, -0.05) is 35.5 Å². The minimum Gasteiger partial charge on any atom is -0.456 e. The van der Waals surface area contributed by atoms with Gasteiger partial charge in [0.05, 0.1) is 11.1 Å². The molecule has 206 valence electrons. The summed E-state index contributed by atoms with van der Waals surface area (Å²) in [5, 5.41) is 24.0. The molecule has 2 amide bonds. The lowest BCUT2D eigenvalue weighted by molar-refractivity contribution is -0.384. The molecule has 0 aliphatic carbocycles. The predicted octanol–water partition coefficient (Wildman–Crippen LogP) is 1.90. The van der Waals surface area contributed by atoms with Gasteiger partial charge in [-0.05, 0) is 28.8 Å². The van der Waals surface area contributed by atoms with Crippen LogP contribution in [0, 0.1) is 10.1 Å². The molecule has 2 unspecified atom stereocenters. The number of nitro benzene ring substituents is 1. The van der Waals surface area contributed by atoms with Gasteiger partial charge < -0.3 is 15.8 Å². The van der Waals surface area contributed by atoms with E-state index in [1.54, 1.807) is 30.5 Å². The maximum Gasteiger partial charge on any atom is 0.355 e. The SMILES string of the molecule is NC(C(=O)NC1C(=O)N2C(C(=O)OCc3ccc([N+](=O)[O-])cc3)=C(CSc3cnn[nH]3)CS[C@@H]12)c1ccccc1. The first kappa shape index (κ1) is 27.4. The molecule has 2 aliphatic heterocycles. The van der Waals surface area contributed by atoms with E-state index < -0.39 is 40.2 Å². The third-order valence-electron chi connectivity index (χ3n) is 6.29. The smallest absolute Gasteiger partial charge is 0.355 e. The number of aromatic amines is 1. The molecule has 0 saturated carbocycles. The number of ether oxygens (including phenoxy) is 1. The Labute approximate surface area is 236 Å². The summed E-state index contributed by atoms with van der Waals surface area (Å²) in [5.74, 6) is -0.864. The molecule has 3 atom stereocenters. The molecule has 0 bridgehead atoms. The number of amides is 2. The number of H-pyrrole nitrogens is 1. The number of β-lactam (4-membered cyclic amide) rings is 1. The fourth-order valence-corrected chi connectivity index (χ4v) is 6.46. The van der Waals surface area contributed by atoms with Gasteiger partial charge in [0.25, 0.3) is 11.6 Å². The van der Waals surface area contributed by atoms with Crippen molar-refractivity contribution in [1.82, 2.24) is 25.6 Å². The topological polar surface area (TPSA) is 186 Å². The molecule has 2 aliphatic rings. The van der Waals surface area contributed by atoms with Crippen LogP contribution in [-0.2, 0) is 25.7 Å². The van der Waals surface area contributed by atoms with Crippen LogP contribution in [0.4, 0.5) is 5.69 Å². The molecule has 40 heavy (non-hydrogen) atoms. The third kappa shape index (κ3) is 5.71. The Morgan fingerprint density at radius 2 is 2.00 bits per heavy atom. The lowest BCUT2D eigenvalue weighted by atomic mass is 10.0. The quantitative estimate of drug-likeness (QED) is 0.104. The van der Waals surface area contributed by atoms with E-state index in [1.165, 1.54) is 52.7 Å². The molecule has 0 spiro atoms.